The van der Waals surface area contributed by atoms with Crippen molar-refractivity contribution in [1.29, 1.82) is 0 Å². The topological polar surface area (TPSA) is 31.4 Å². The maximum absolute atomic E-state index is 5.84. The lowest BCUT2D eigenvalue weighted by molar-refractivity contribution is 0.0964. The van der Waals surface area contributed by atoms with E-state index in [0.29, 0.717) is 25.0 Å². The van der Waals surface area contributed by atoms with E-state index in [-0.39, 0.29) is 0 Å². The molecular weight excluding hydrogens is 250 g/mol. The highest BCUT2D eigenvalue weighted by molar-refractivity contribution is 6.17. The predicted octanol–water partition coefficient (Wildman–Crippen LogP) is 3.58. The molecule has 4 heteroatoms. The van der Waals surface area contributed by atoms with Crippen LogP contribution in [0.5, 0.6) is 5.88 Å². The molecule has 0 bridgehead atoms. The molecule has 0 unspecified atom stereocenters. The first-order chi connectivity index (χ1) is 8.80. The first-order valence-corrected chi connectivity index (χ1v) is 7.10. The summed E-state index contributed by atoms with van der Waals surface area (Å²) in [4.78, 5) is 4.40. The van der Waals surface area contributed by atoms with Crippen molar-refractivity contribution in [2.24, 2.45) is 0 Å². The Hall–Kier alpha value is -0.800. The van der Waals surface area contributed by atoms with Gasteiger partial charge in [-0.1, -0.05) is 20.3 Å². The summed E-state index contributed by atoms with van der Waals surface area (Å²) < 4.78 is 11.0. The number of aryl methyl sites for hydroxylation is 1. The zero-order chi connectivity index (χ0) is 13.2. The van der Waals surface area contributed by atoms with E-state index in [1.54, 1.807) is 0 Å². The van der Waals surface area contributed by atoms with Gasteiger partial charge in [-0.3, -0.25) is 0 Å². The molecule has 0 N–H and O–H groups in total. The Morgan fingerprint density at radius 1 is 1.17 bits per heavy atom. The van der Waals surface area contributed by atoms with E-state index in [9.17, 15) is 0 Å². The van der Waals surface area contributed by atoms with Gasteiger partial charge in [0.25, 0.3) is 0 Å². The van der Waals surface area contributed by atoms with Crippen LogP contribution in [-0.2, 0) is 17.0 Å². The van der Waals surface area contributed by atoms with E-state index in [1.807, 2.05) is 12.1 Å². The number of unbranched alkanes of at least 4 members (excludes halogenated alkanes) is 1. The normalized spacial score (nSPS) is 10.6. The molecule has 102 valence electrons. The average Bonchev–Trinajstić information content (AvgIpc) is 2.42. The highest BCUT2D eigenvalue weighted by Gasteiger charge is 2.02. The molecule has 0 aliphatic rings. The lowest BCUT2D eigenvalue weighted by Gasteiger charge is -2.09. The summed E-state index contributed by atoms with van der Waals surface area (Å²) in [6.07, 6.45) is 3.13. The molecule has 0 amide bonds. The molecule has 1 heterocycles. The summed E-state index contributed by atoms with van der Waals surface area (Å²) >= 11 is 5.84. The van der Waals surface area contributed by atoms with Crippen molar-refractivity contribution in [3.63, 3.8) is 0 Å². The van der Waals surface area contributed by atoms with Gasteiger partial charge in [0.1, 0.15) is 6.61 Å². The molecule has 0 aliphatic heterocycles. The van der Waals surface area contributed by atoms with Gasteiger partial charge in [0.05, 0.1) is 6.61 Å². The van der Waals surface area contributed by atoms with Gasteiger partial charge in [-0.2, -0.15) is 0 Å². The average molecular weight is 272 g/mol. The highest BCUT2D eigenvalue weighted by Crippen LogP contribution is 2.15. The van der Waals surface area contributed by atoms with Crippen LogP contribution in [0.1, 0.15) is 37.9 Å². The van der Waals surface area contributed by atoms with Gasteiger partial charge in [-0.05, 0) is 24.5 Å². The van der Waals surface area contributed by atoms with Crippen LogP contribution in [0.25, 0.3) is 0 Å². The number of pyridine rings is 1. The van der Waals surface area contributed by atoms with Crippen LogP contribution in [0.15, 0.2) is 12.1 Å². The Balaban J connectivity index is 2.36. The Labute approximate surface area is 114 Å². The second-order valence-corrected chi connectivity index (χ2v) is 4.37. The number of rotatable bonds is 9. The maximum Gasteiger partial charge on any atom is 0.213 e. The van der Waals surface area contributed by atoms with Crippen LogP contribution < -0.4 is 4.74 Å². The molecule has 1 aromatic heterocycles. The third kappa shape index (κ3) is 5.69. The third-order valence-electron chi connectivity index (χ3n) is 2.55. The molecule has 0 spiro atoms. The van der Waals surface area contributed by atoms with Crippen LogP contribution in [-0.4, -0.2) is 24.8 Å². The van der Waals surface area contributed by atoms with E-state index in [0.717, 1.165) is 37.1 Å². The van der Waals surface area contributed by atoms with Gasteiger partial charge in [-0.25, -0.2) is 4.98 Å². The van der Waals surface area contributed by atoms with Crippen LogP contribution in [0.4, 0.5) is 0 Å². The van der Waals surface area contributed by atoms with Crippen molar-refractivity contribution >= 4 is 11.6 Å². The van der Waals surface area contributed by atoms with E-state index >= 15 is 0 Å². The van der Waals surface area contributed by atoms with Crippen molar-refractivity contribution in [1.82, 2.24) is 4.98 Å². The Morgan fingerprint density at radius 2 is 2.00 bits per heavy atom. The number of ether oxygens (including phenoxy) is 2. The molecule has 0 saturated carbocycles. The molecule has 0 fully saturated rings. The molecule has 0 atom stereocenters. The molecule has 3 nitrogen and oxygen atoms in total. The first kappa shape index (κ1) is 15.3. The lowest BCUT2D eigenvalue weighted by Crippen LogP contribution is -2.09. The van der Waals surface area contributed by atoms with Crippen LogP contribution >= 0.6 is 11.6 Å². The minimum Gasteiger partial charge on any atom is -0.475 e. The quantitative estimate of drug-likeness (QED) is 0.508. The molecular formula is C14H22ClNO2. The SMILES string of the molecule is CCCCOCCOc1cc(CCl)cc(CC)n1. The van der Waals surface area contributed by atoms with Gasteiger partial charge in [0, 0.05) is 24.2 Å². The van der Waals surface area contributed by atoms with Gasteiger partial charge in [-0.15, -0.1) is 11.6 Å². The molecule has 1 aromatic rings. The Bertz CT molecular complexity index is 322. The van der Waals surface area contributed by atoms with E-state index in [4.69, 9.17) is 21.1 Å². The number of nitrogens with zero attached hydrogens (tertiary/aromatic N) is 1. The van der Waals surface area contributed by atoms with Crippen LogP contribution in [0.3, 0.4) is 0 Å². The fourth-order valence-electron chi connectivity index (χ4n) is 1.51. The second-order valence-electron chi connectivity index (χ2n) is 4.11. The molecule has 0 saturated heterocycles. The van der Waals surface area contributed by atoms with Crippen LogP contribution in [0.2, 0.25) is 0 Å². The minimum absolute atomic E-state index is 0.485. The summed E-state index contributed by atoms with van der Waals surface area (Å²) in [6, 6.07) is 3.90. The third-order valence-corrected chi connectivity index (χ3v) is 2.86. The number of hydrogen-bond acceptors (Lipinski definition) is 3. The monoisotopic (exact) mass is 271 g/mol. The summed E-state index contributed by atoms with van der Waals surface area (Å²) in [5.41, 5.74) is 2.06. The van der Waals surface area contributed by atoms with Gasteiger partial charge in [0.2, 0.25) is 5.88 Å². The number of alkyl halides is 1. The van der Waals surface area contributed by atoms with Gasteiger partial charge in [0.15, 0.2) is 0 Å². The zero-order valence-corrected chi connectivity index (χ0v) is 12.0. The summed E-state index contributed by atoms with van der Waals surface area (Å²) in [5, 5.41) is 0. The van der Waals surface area contributed by atoms with Gasteiger partial charge < -0.3 is 9.47 Å². The number of aromatic nitrogens is 1. The molecule has 0 aromatic carbocycles. The van der Waals surface area contributed by atoms with Crippen molar-refractivity contribution in [2.75, 3.05) is 19.8 Å². The van der Waals surface area contributed by atoms with Crippen molar-refractivity contribution in [3.8, 4) is 5.88 Å². The lowest BCUT2D eigenvalue weighted by atomic mass is 10.2. The van der Waals surface area contributed by atoms with E-state index in [1.165, 1.54) is 0 Å². The molecule has 0 aliphatic carbocycles. The van der Waals surface area contributed by atoms with Gasteiger partial charge >= 0.3 is 0 Å². The molecule has 1 rings (SSSR count). The minimum atomic E-state index is 0.485. The maximum atomic E-state index is 5.84. The van der Waals surface area contributed by atoms with Crippen LogP contribution in [0, 0.1) is 0 Å². The Kier molecular flexibility index (Phi) is 7.78. The number of halogens is 1. The van der Waals surface area contributed by atoms with E-state index in [2.05, 4.69) is 18.8 Å². The van der Waals surface area contributed by atoms with Crippen molar-refractivity contribution < 1.29 is 9.47 Å². The molecule has 18 heavy (non-hydrogen) atoms. The fourth-order valence-corrected chi connectivity index (χ4v) is 1.66. The highest BCUT2D eigenvalue weighted by atomic mass is 35.5. The van der Waals surface area contributed by atoms with Crippen molar-refractivity contribution in [3.05, 3.63) is 23.4 Å². The summed E-state index contributed by atoms with van der Waals surface area (Å²) in [7, 11) is 0. The predicted molar refractivity (Wildman–Crippen MR) is 74.4 cm³/mol. The zero-order valence-electron chi connectivity index (χ0n) is 11.2. The van der Waals surface area contributed by atoms with Crippen molar-refractivity contribution in [2.45, 2.75) is 39.0 Å². The largest absolute Gasteiger partial charge is 0.475 e. The summed E-state index contributed by atoms with van der Waals surface area (Å²) in [5.74, 6) is 1.13. The Morgan fingerprint density at radius 3 is 2.67 bits per heavy atom. The standard InChI is InChI=1S/C14H22ClNO2/c1-3-5-6-17-7-8-18-14-10-12(11-15)9-13(4-2)16-14/h9-10H,3-8,11H2,1-2H3. The smallest absolute Gasteiger partial charge is 0.213 e. The first-order valence-electron chi connectivity index (χ1n) is 6.56. The summed E-state index contributed by atoms with van der Waals surface area (Å²) in [6.45, 7) is 6.15. The van der Waals surface area contributed by atoms with E-state index < -0.39 is 0 Å². The fraction of sp³-hybridized carbons (Fsp3) is 0.643. The number of hydrogen-bond donors (Lipinski definition) is 0. The second kappa shape index (κ2) is 9.17. The molecule has 0 radical (unpaired) electrons.